The number of benzene rings is 1. The molecule has 0 atom stereocenters. The summed E-state index contributed by atoms with van der Waals surface area (Å²) in [6.07, 6.45) is 3.64. The Morgan fingerprint density at radius 2 is 1.84 bits per heavy atom. The number of hydrogen-bond acceptors (Lipinski definition) is 7. The summed E-state index contributed by atoms with van der Waals surface area (Å²) in [7, 11) is 1.99. The van der Waals surface area contributed by atoms with Gasteiger partial charge in [-0.3, -0.25) is 4.79 Å². The number of carboxylic acid groups (broad SMARTS) is 1. The van der Waals surface area contributed by atoms with Crippen LogP contribution in [0.2, 0.25) is 0 Å². The van der Waals surface area contributed by atoms with Crippen molar-refractivity contribution in [1.29, 1.82) is 0 Å². The van der Waals surface area contributed by atoms with Crippen LogP contribution >= 0.6 is 11.3 Å². The second kappa shape index (κ2) is 9.57. The van der Waals surface area contributed by atoms with Gasteiger partial charge in [-0.1, -0.05) is 41.7 Å². The predicted octanol–water partition coefficient (Wildman–Crippen LogP) is 4.92. The fourth-order valence-electron chi connectivity index (χ4n) is 3.22. The maximum absolute atomic E-state index is 10.8. The van der Waals surface area contributed by atoms with Gasteiger partial charge in [0, 0.05) is 26.0 Å². The standard InChI is InChI=1S/C24H23N5O2S/c1-16-10-11-25-22(12-16)28-21-5-3-4-19(27-21)20-14-26-24(32-20)29(2)15-18-8-6-17(7-9-18)13-23(30)31/h3-12,14H,13,15H2,1-2H3,(H,30,31)(H,25,27,28). The van der Waals surface area contributed by atoms with E-state index in [1.807, 2.05) is 74.8 Å². The predicted molar refractivity (Wildman–Crippen MR) is 127 cm³/mol. The molecule has 4 aromatic rings. The number of aryl methyl sites for hydroxylation is 1. The average Bonchev–Trinajstić information content (AvgIpc) is 3.26. The van der Waals surface area contributed by atoms with E-state index in [1.54, 1.807) is 17.5 Å². The minimum absolute atomic E-state index is 0.0345. The van der Waals surface area contributed by atoms with Gasteiger partial charge in [-0.05, 0) is 47.9 Å². The van der Waals surface area contributed by atoms with Crippen molar-refractivity contribution >= 4 is 34.1 Å². The number of pyridine rings is 2. The molecular weight excluding hydrogens is 422 g/mol. The molecule has 4 rings (SSSR count). The summed E-state index contributed by atoms with van der Waals surface area (Å²) in [6, 6.07) is 17.4. The van der Waals surface area contributed by atoms with Gasteiger partial charge in [-0.15, -0.1) is 0 Å². The van der Waals surface area contributed by atoms with E-state index in [-0.39, 0.29) is 6.42 Å². The fraction of sp³-hybridized carbons (Fsp3) is 0.167. The van der Waals surface area contributed by atoms with E-state index < -0.39 is 5.97 Å². The quantitative estimate of drug-likeness (QED) is 0.398. The topological polar surface area (TPSA) is 91.2 Å². The van der Waals surface area contributed by atoms with E-state index in [2.05, 4.69) is 20.2 Å². The molecule has 7 nitrogen and oxygen atoms in total. The van der Waals surface area contributed by atoms with E-state index in [9.17, 15) is 4.79 Å². The van der Waals surface area contributed by atoms with Crippen LogP contribution < -0.4 is 10.2 Å². The Balaban J connectivity index is 1.44. The number of nitrogens with zero attached hydrogens (tertiary/aromatic N) is 4. The lowest BCUT2D eigenvalue weighted by atomic mass is 10.1. The first-order chi connectivity index (χ1) is 15.5. The van der Waals surface area contributed by atoms with Crippen LogP contribution in [0.5, 0.6) is 0 Å². The Morgan fingerprint density at radius 1 is 1.06 bits per heavy atom. The molecule has 2 N–H and O–H groups in total. The molecule has 3 heterocycles. The molecule has 0 radical (unpaired) electrons. The molecule has 0 amide bonds. The summed E-state index contributed by atoms with van der Waals surface area (Å²) in [4.78, 5) is 27.5. The summed E-state index contributed by atoms with van der Waals surface area (Å²) >= 11 is 1.57. The minimum atomic E-state index is -0.826. The molecule has 0 saturated heterocycles. The number of thiazole rings is 1. The van der Waals surface area contributed by atoms with Gasteiger partial charge >= 0.3 is 5.97 Å². The lowest BCUT2D eigenvalue weighted by Gasteiger charge is -2.15. The monoisotopic (exact) mass is 445 g/mol. The Kier molecular flexibility index (Phi) is 6.42. The smallest absolute Gasteiger partial charge is 0.307 e. The first-order valence-corrected chi connectivity index (χ1v) is 10.9. The average molecular weight is 446 g/mol. The number of aliphatic carboxylic acids is 1. The third-order valence-electron chi connectivity index (χ3n) is 4.79. The van der Waals surface area contributed by atoms with Crippen LogP contribution in [0.3, 0.4) is 0 Å². The molecule has 8 heteroatoms. The molecule has 0 saturated carbocycles. The minimum Gasteiger partial charge on any atom is -0.481 e. The van der Waals surface area contributed by atoms with Gasteiger partial charge < -0.3 is 15.3 Å². The normalized spacial score (nSPS) is 10.7. The molecule has 0 aliphatic carbocycles. The number of carbonyl (C=O) groups is 1. The van der Waals surface area contributed by atoms with Gasteiger partial charge in [-0.2, -0.15) is 0 Å². The second-order valence-electron chi connectivity index (χ2n) is 7.50. The van der Waals surface area contributed by atoms with E-state index in [0.717, 1.165) is 44.0 Å². The number of rotatable bonds is 8. The SMILES string of the molecule is Cc1ccnc(Nc2cccc(-c3cnc(N(C)Cc4ccc(CC(=O)O)cc4)s3)n2)c1. The molecule has 32 heavy (non-hydrogen) atoms. The van der Waals surface area contributed by atoms with Crippen molar-refractivity contribution in [1.82, 2.24) is 15.0 Å². The van der Waals surface area contributed by atoms with Crippen molar-refractivity contribution < 1.29 is 9.90 Å². The number of nitrogens with one attached hydrogen (secondary N) is 1. The highest BCUT2D eigenvalue weighted by Gasteiger charge is 2.11. The number of aromatic nitrogens is 3. The molecule has 0 unspecified atom stereocenters. The Hall–Kier alpha value is -3.78. The highest BCUT2D eigenvalue weighted by Crippen LogP contribution is 2.31. The highest BCUT2D eigenvalue weighted by atomic mass is 32.1. The van der Waals surface area contributed by atoms with Crippen LogP contribution in [0.15, 0.2) is 67.0 Å². The van der Waals surface area contributed by atoms with Gasteiger partial charge in [0.2, 0.25) is 0 Å². The van der Waals surface area contributed by atoms with Gasteiger partial charge in [-0.25, -0.2) is 15.0 Å². The molecule has 0 fully saturated rings. The maximum atomic E-state index is 10.8. The third-order valence-corrected chi connectivity index (χ3v) is 5.93. The van der Waals surface area contributed by atoms with Crippen molar-refractivity contribution in [2.45, 2.75) is 19.9 Å². The second-order valence-corrected chi connectivity index (χ2v) is 8.51. The molecule has 0 bridgehead atoms. The Morgan fingerprint density at radius 3 is 2.59 bits per heavy atom. The van der Waals surface area contributed by atoms with Crippen molar-refractivity contribution in [2.24, 2.45) is 0 Å². The van der Waals surface area contributed by atoms with Crippen molar-refractivity contribution in [3.8, 4) is 10.6 Å². The lowest BCUT2D eigenvalue weighted by Crippen LogP contribution is -2.15. The van der Waals surface area contributed by atoms with Crippen molar-refractivity contribution in [2.75, 3.05) is 17.3 Å². The molecule has 3 aromatic heterocycles. The van der Waals surface area contributed by atoms with Crippen molar-refractivity contribution in [3.63, 3.8) is 0 Å². The summed E-state index contributed by atoms with van der Waals surface area (Å²) in [6.45, 7) is 2.70. The number of anilines is 3. The fourth-order valence-corrected chi connectivity index (χ4v) is 4.06. The van der Waals surface area contributed by atoms with E-state index in [4.69, 9.17) is 10.1 Å². The van der Waals surface area contributed by atoms with Crippen LogP contribution in [0.1, 0.15) is 16.7 Å². The first kappa shape index (κ1) is 21.5. The lowest BCUT2D eigenvalue weighted by molar-refractivity contribution is -0.136. The molecule has 0 aliphatic heterocycles. The van der Waals surface area contributed by atoms with Crippen LogP contribution in [0, 0.1) is 6.92 Å². The van der Waals surface area contributed by atoms with Gasteiger partial charge in [0.1, 0.15) is 11.6 Å². The molecule has 0 spiro atoms. The number of hydrogen-bond donors (Lipinski definition) is 2. The van der Waals surface area contributed by atoms with Gasteiger partial charge in [0.05, 0.1) is 17.0 Å². The summed E-state index contributed by atoms with van der Waals surface area (Å²) in [5.74, 6) is 0.660. The third kappa shape index (κ3) is 5.47. The molecule has 0 aliphatic rings. The molecule has 1 aromatic carbocycles. The zero-order valence-electron chi connectivity index (χ0n) is 17.8. The van der Waals surface area contributed by atoms with Gasteiger partial charge in [0.15, 0.2) is 5.13 Å². The van der Waals surface area contributed by atoms with Crippen LogP contribution in [-0.2, 0) is 17.8 Å². The highest BCUT2D eigenvalue weighted by molar-refractivity contribution is 7.18. The van der Waals surface area contributed by atoms with E-state index in [0.29, 0.717) is 6.54 Å². The maximum Gasteiger partial charge on any atom is 0.307 e. The van der Waals surface area contributed by atoms with Crippen LogP contribution in [-0.4, -0.2) is 33.1 Å². The van der Waals surface area contributed by atoms with E-state index >= 15 is 0 Å². The van der Waals surface area contributed by atoms with Crippen LogP contribution in [0.25, 0.3) is 10.6 Å². The number of carboxylic acids is 1. The largest absolute Gasteiger partial charge is 0.481 e. The zero-order chi connectivity index (χ0) is 22.5. The van der Waals surface area contributed by atoms with Crippen LogP contribution in [0.4, 0.5) is 16.8 Å². The Labute approximate surface area is 190 Å². The van der Waals surface area contributed by atoms with E-state index in [1.165, 1.54) is 0 Å². The zero-order valence-corrected chi connectivity index (χ0v) is 18.6. The summed E-state index contributed by atoms with van der Waals surface area (Å²) in [5.41, 5.74) is 3.86. The molecule has 162 valence electrons. The summed E-state index contributed by atoms with van der Waals surface area (Å²) < 4.78 is 0. The van der Waals surface area contributed by atoms with Crippen molar-refractivity contribution in [3.05, 3.63) is 83.7 Å². The summed E-state index contributed by atoms with van der Waals surface area (Å²) in [5, 5.41) is 13.0. The first-order valence-electron chi connectivity index (χ1n) is 10.1. The Bertz CT molecular complexity index is 1220. The van der Waals surface area contributed by atoms with Gasteiger partial charge in [0.25, 0.3) is 0 Å². The molecular formula is C24H23N5O2S.